The number of carboxylic acid groups (broad SMARTS) is 1. The van der Waals surface area contributed by atoms with Crippen molar-refractivity contribution in [2.75, 3.05) is 6.61 Å². The second kappa shape index (κ2) is 6.29. The zero-order chi connectivity index (χ0) is 14.7. The first-order valence-electron chi connectivity index (χ1n) is 7.43. The number of aliphatic carboxylic acids is 1. The molecular weight excluding hydrogens is 252 g/mol. The fourth-order valence-electron chi connectivity index (χ4n) is 2.68. The van der Waals surface area contributed by atoms with Gasteiger partial charge in [0.15, 0.2) is 0 Å². The quantitative estimate of drug-likeness (QED) is 0.860. The first-order chi connectivity index (χ1) is 9.47. The van der Waals surface area contributed by atoms with Crippen molar-refractivity contribution in [3.05, 3.63) is 28.8 Å². The van der Waals surface area contributed by atoms with Crippen molar-refractivity contribution < 1.29 is 14.6 Å². The maximum Gasteiger partial charge on any atom is 0.306 e. The summed E-state index contributed by atoms with van der Waals surface area (Å²) in [6.07, 6.45) is 4.35. The summed E-state index contributed by atoms with van der Waals surface area (Å²) >= 11 is 0. The second-order valence-corrected chi connectivity index (χ2v) is 6.12. The van der Waals surface area contributed by atoms with Gasteiger partial charge in [0.1, 0.15) is 5.75 Å². The lowest BCUT2D eigenvalue weighted by molar-refractivity contribution is -0.141. The van der Waals surface area contributed by atoms with Gasteiger partial charge in [-0.2, -0.15) is 0 Å². The molecule has 0 aliphatic heterocycles. The van der Waals surface area contributed by atoms with Gasteiger partial charge >= 0.3 is 5.97 Å². The van der Waals surface area contributed by atoms with Crippen molar-refractivity contribution in [3.63, 3.8) is 0 Å². The van der Waals surface area contributed by atoms with Gasteiger partial charge < -0.3 is 9.84 Å². The molecule has 1 aromatic carbocycles. The molecule has 1 saturated carbocycles. The smallest absolute Gasteiger partial charge is 0.306 e. The average molecular weight is 276 g/mol. The minimum absolute atomic E-state index is 0.387. The van der Waals surface area contributed by atoms with Crippen LogP contribution in [0.15, 0.2) is 12.1 Å². The highest BCUT2D eigenvalue weighted by molar-refractivity contribution is 5.70. The van der Waals surface area contributed by atoms with Crippen molar-refractivity contribution in [2.24, 2.45) is 11.8 Å². The third kappa shape index (κ3) is 3.53. The number of ether oxygens (including phenoxy) is 1. The third-order valence-corrected chi connectivity index (χ3v) is 4.13. The highest BCUT2D eigenvalue weighted by Gasteiger charge is 2.20. The summed E-state index contributed by atoms with van der Waals surface area (Å²) in [5.41, 5.74) is 3.29. The Morgan fingerprint density at radius 3 is 2.65 bits per heavy atom. The number of aryl methyl sites for hydroxylation is 2. The first-order valence-corrected chi connectivity index (χ1v) is 7.43. The Kier molecular flexibility index (Phi) is 4.69. The highest BCUT2D eigenvalue weighted by Crippen LogP contribution is 2.31. The molecule has 0 heterocycles. The van der Waals surface area contributed by atoms with E-state index < -0.39 is 5.97 Å². The van der Waals surface area contributed by atoms with E-state index in [2.05, 4.69) is 12.1 Å². The van der Waals surface area contributed by atoms with Crippen LogP contribution in [0.5, 0.6) is 5.75 Å². The molecule has 0 spiro atoms. The lowest BCUT2D eigenvalue weighted by atomic mass is 9.86. The molecule has 0 radical (unpaired) electrons. The Labute approximate surface area is 121 Å². The Balaban J connectivity index is 2.15. The summed E-state index contributed by atoms with van der Waals surface area (Å²) in [7, 11) is 0. The van der Waals surface area contributed by atoms with E-state index in [1.807, 2.05) is 13.8 Å². The van der Waals surface area contributed by atoms with Gasteiger partial charge in [0.05, 0.1) is 12.5 Å². The molecule has 1 aliphatic rings. The Hall–Kier alpha value is -1.51. The van der Waals surface area contributed by atoms with E-state index in [1.165, 1.54) is 19.3 Å². The molecule has 1 unspecified atom stereocenters. The van der Waals surface area contributed by atoms with Crippen LogP contribution in [0.25, 0.3) is 0 Å². The molecule has 0 aromatic heterocycles. The Morgan fingerprint density at radius 1 is 1.40 bits per heavy atom. The van der Waals surface area contributed by atoms with Crippen molar-refractivity contribution in [1.29, 1.82) is 0 Å². The summed E-state index contributed by atoms with van der Waals surface area (Å²) in [5, 5.41) is 9.10. The van der Waals surface area contributed by atoms with E-state index in [-0.39, 0.29) is 5.92 Å². The van der Waals surface area contributed by atoms with Gasteiger partial charge in [0.25, 0.3) is 0 Å². The monoisotopic (exact) mass is 276 g/mol. The Morgan fingerprint density at radius 2 is 2.10 bits per heavy atom. The number of hydrogen-bond acceptors (Lipinski definition) is 2. The molecule has 3 nitrogen and oxygen atoms in total. The van der Waals surface area contributed by atoms with Crippen LogP contribution in [-0.4, -0.2) is 17.7 Å². The van der Waals surface area contributed by atoms with Gasteiger partial charge in [0, 0.05) is 0 Å². The van der Waals surface area contributed by atoms with E-state index >= 15 is 0 Å². The van der Waals surface area contributed by atoms with E-state index in [0.717, 1.165) is 29.0 Å². The number of benzene rings is 1. The largest absolute Gasteiger partial charge is 0.493 e. The molecular formula is C17H24O3. The van der Waals surface area contributed by atoms with Gasteiger partial charge in [-0.25, -0.2) is 0 Å². The fourth-order valence-corrected chi connectivity index (χ4v) is 2.68. The molecule has 0 bridgehead atoms. The summed E-state index contributed by atoms with van der Waals surface area (Å²) < 4.78 is 6.01. The molecule has 1 aromatic rings. The molecule has 1 N–H and O–H groups in total. The van der Waals surface area contributed by atoms with Crippen LogP contribution in [-0.2, 0) is 11.2 Å². The number of carboxylic acids is 1. The molecule has 1 aliphatic carbocycles. The molecule has 0 amide bonds. The maximum atomic E-state index is 11.1. The SMILES string of the molecule is Cc1cc(C)c(OCC2CCC2)c(CC(C)C(=O)O)c1. The predicted octanol–water partition coefficient (Wildman–Crippen LogP) is 3.75. The summed E-state index contributed by atoms with van der Waals surface area (Å²) in [4.78, 5) is 11.1. The maximum absolute atomic E-state index is 11.1. The van der Waals surface area contributed by atoms with Crippen molar-refractivity contribution in [3.8, 4) is 5.75 Å². The van der Waals surface area contributed by atoms with Crippen LogP contribution < -0.4 is 4.74 Å². The van der Waals surface area contributed by atoms with Gasteiger partial charge in [-0.1, -0.05) is 31.0 Å². The zero-order valence-electron chi connectivity index (χ0n) is 12.6. The first kappa shape index (κ1) is 14.9. The van der Waals surface area contributed by atoms with E-state index in [1.54, 1.807) is 6.92 Å². The average Bonchev–Trinajstić information content (AvgIpc) is 2.29. The summed E-state index contributed by atoms with van der Waals surface area (Å²) in [6, 6.07) is 4.16. The van der Waals surface area contributed by atoms with E-state index in [9.17, 15) is 4.79 Å². The molecule has 1 fully saturated rings. The number of hydrogen-bond donors (Lipinski definition) is 1. The number of carbonyl (C=O) groups is 1. The molecule has 3 heteroatoms. The second-order valence-electron chi connectivity index (χ2n) is 6.12. The summed E-state index contributed by atoms with van der Waals surface area (Å²) in [5.74, 6) is 0.437. The zero-order valence-corrected chi connectivity index (χ0v) is 12.6. The fraction of sp³-hybridized carbons (Fsp3) is 0.588. The lowest BCUT2D eigenvalue weighted by Gasteiger charge is -2.26. The van der Waals surface area contributed by atoms with Crippen LogP contribution in [0.1, 0.15) is 42.9 Å². The normalized spacial score (nSPS) is 16.6. The minimum atomic E-state index is -0.755. The molecule has 1 atom stereocenters. The van der Waals surface area contributed by atoms with Crippen molar-refractivity contribution >= 4 is 5.97 Å². The summed E-state index contributed by atoms with van der Waals surface area (Å²) in [6.45, 7) is 6.59. The van der Waals surface area contributed by atoms with Gasteiger partial charge in [-0.05, 0) is 50.2 Å². The van der Waals surface area contributed by atoms with Crippen molar-refractivity contribution in [2.45, 2.75) is 46.5 Å². The van der Waals surface area contributed by atoms with Gasteiger partial charge in [-0.3, -0.25) is 4.79 Å². The topological polar surface area (TPSA) is 46.5 Å². The van der Waals surface area contributed by atoms with E-state index in [0.29, 0.717) is 12.3 Å². The minimum Gasteiger partial charge on any atom is -0.493 e. The standard InChI is InChI=1S/C17H24O3/c1-11-7-12(2)16(20-10-14-5-4-6-14)15(8-11)9-13(3)17(18)19/h7-8,13-14H,4-6,9-10H2,1-3H3,(H,18,19). The molecule has 20 heavy (non-hydrogen) atoms. The van der Waals surface area contributed by atoms with E-state index in [4.69, 9.17) is 9.84 Å². The molecule has 0 saturated heterocycles. The third-order valence-electron chi connectivity index (χ3n) is 4.13. The van der Waals surface area contributed by atoms with Crippen LogP contribution >= 0.6 is 0 Å². The highest BCUT2D eigenvalue weighted by atomic mass is 16.5. The van der Waals surface area contributed by atoms with Gasteiger partial charge in [0.2, 0.25) is 0 Å². The number of rotatable bonds is 6. The Bertz CT molecular complexity index is 489. The van der Waals surface area contributed by atoms with Crippen molar-refractivity contribution in [1.82, 2.24) is 0 Å². The van der Waals surface area contributed by atoms with Gasteiger partial charge in [-0.15, -0.1) is 0 Å². The molecule has 2 rings (SSSR count). The van der Waals surface area contributed by atoms with Crippen LogP contribution in [0.2, 0.25) is 0 Å². The predicted molar refractivity (Wildman–Crippen MR) is 79.3 cm³/mol. The molecule has 110 valence electrons. The van der Waals surface area contributed by atoms with Crippen LogP contribution in [0, 0.1) is 25.7 Å². The van der Waals surface area contributed by atoms with Crippen LogP contribution in [0.4, 0.5) is 0 Å². The van der Waals surface area contributed by atoms with Crippen LogP contribution in [0.3, 0.4) is 0 Å². The lowest BCUT2D eigenvalue weighted by Crippen LogP contribution is -2.20.